The molecule has 1 fully saturated rings. The van der Waals surface area contributed by atoms with Crippen molar-refractivity contribution in [2.45, 2.75) is 13.0 Å². The average molecular weight is 315 g/mol. The predicted molar refractivity (Wildman–Crippen MR) is 89.2 cm³/mol. The van der Waals surface area contributed by atoms with Gasteiger partial charge in [-0.25, -0.2) is 0 Å². The summed E-state index contributed by atoms with van der Waals surface area (Å²) in [5.41, 5.74) is 2.49. The Bertz CT molecular complexity index is 409. The highest BCUT2D eigenvalue weighted by Crippen LogP contribution is 2.31. The summed E-state index contributed by atoms with van der Waals surface area (Å²) in [6.07, 6.45) is 1.23. The number of ether oxygens (including phenoxy) is 1. The van der Waals surface area contributed by atoms with Gasteiger partial charge in [0.15, 0.2) is 0 Å². The Morgan fingerprint density at radius 2 is 2.25 bits per heavy atom. The molecule has 1 saturated heterocycles. The molecule has 1 heterocycles. The van der Waals surface area contributed by atoms with Crippen molar-refractivity contribution in [3.63, 3.8) is 0 Å². The molecule has 1 aromatic rings. The molecular formula is C15H23ClN2OS. The van der Waals surface area contributed by atoms with E-state index in [9.17, 15) is 0 Å². The van der Waals surface area contributed by atoms with E-state index in [2.05, 4.69) is 16.3 Å². The van der Waals surface area contributed by atoms with Crippen LogP contribution in [0.1, 0.15) is 12.0 Å². The number of rotatable bonds is 6. The van der Waals surface area contributed by atoms with E-state index in [4.69, 9.17) is 16.3 Å². The van der Waals surface area contributed by atoms with E-state index < -0.39 is 0 Å². The zero-order valence-electron chi connectivity index (χ0n) is 12.0. The van der Waals surface area contributed by atoms with E-state index in [1.165, 1.54) is 29.2 Å². The van der Waals surface area contributed by atoms with Crippen molar-refractivity contribution in [3.8, 4) is 0 Å². The fourth-order valence-electron chi connectivity index (χ4n) is 2.42. The van der Waals surface area contributed by atoms with E-state index in [1.807, 2.05) is 23.9 Å². The first-order valence-electron chi connectivity index (χ1n) is 7.12. The highest BCUT2D eigenvalue weighted by Gasteiger charge is 2.16. The van der Waals surface area contributed by atoms with Gasteiger partial charge in [-0.2, -0.15) is 11.8 Å². The summed E-state index contributed by atoms with van der Waals surface area (Å²) in [6, 6.07) is 6.19. The third kappa shape index (κ3) is 4.55. The van der Waals surface area contributed by atoms with Crippen molar-refractivity contribution in [1.82, 2.24) is 5.32 Å². The van der Waals surface area contributed by atoms with Crippen LogP contribution in [0.5, 0.6) is 0 Å². The molecule has 0 amide bonds. The molecule has 1 N–H and O–H groups in total. The fraction of sp³-hybridized carbons (Fsp3) is 0.600. The van der Waals surface area contributed by atoms with Crippen molar-refractivity contribution in [1.29, 1.82) is 0 Å². The van der Waals surface area contributed by atoms with E-state index in [0.717, 1.165) is 37.8 Å². The molecule has 0 saturated carbocycles. The molecule has 0 bridgehead atoms. The Morgan fingerprint density at radius 3 is 3.10 bits per heavy atom. The van der Waals surface area contributed by atoms with Crippen LogP contribution in [0.25, 0.3) is 0 Å². The normalized spacial score (nSPS) is 16.2. The van der Waals surface area contributed by atoms with E-state index in [0.29, 0.717) is 0 Å². The van der Waals surface area contributed by atoms with Gasteiger partial charge in [-0.1, -0.05) is 23.7 Å². The molecule has 0 unspecified atom stereocenters. The summed E-state index contributed by atoms with van der Waals surface area (Å²) in [5.74, 6) is 2.43. The minimum absolute atomic E-state index is 0.732. The van der Waals surface area contributed by atoms with Crippen molar-refractivity contribution < 1.29 is 4.74 Å². The zero-order chi connectivity index (χ0) is 14.2. The number of methoxy groups -OCH3 is 1. The van der Waals surface area contributed by atoms with Crippen LogP contribution in [0.2, 0.25) is 5.02 Å². The SMILES string of the molecule is COCCNCc1cccc(Cl)c1N1CCCSCC1. The molecule has 0 aromatic heterocycles. The molecule has 20 heavy (non-hydrogen) atoms. The number of benzene rings is 1. The van der Waals surface area contributed by atoms with E-state index >= 15 is 0 Å². The lowest BCUT2D eigenvalue weighted by Gasteiger charge is -2.26. The summed E-state index contributed by atoms with van der Waals surface area (Å²) in [4.78, 5) is 2.44. The minimum Gasteiger partial charge on any atom is -0.383 e. The Balaban J connectivity index is 2.08. The number of para-hydroxylation sites is 1. The average Bonchev–Trinajstić information content (AvgIpc) is 2.72. The summed E-state index contributed by atoms with van der Waals surface area (Å²) >= 11 is 8.49. The molecule has 2 rings (SSSR count). The van der Waals surface area contributed by atoms with Gasteiger partial charge in [0.25, 0.3) is 0 Å². The lowest BCUT2D eigenvalue weighted by atomic mass is 10.1. The molecule has 112 valence electrons. The first kappa shape index (κ1) is 16.0. The molecular weight excluding hydrogens is 292 g/mol. The second-order valence-electron chi connectivity index (χ2n) is 4.87. The Kier molecular flexibility index (Phi) is 7.00. The third-order valence-corrected chi connectivity index (χ3v) is 4.76. The van der Waals surface area contributed by atoms with Gasteiger partial charge < -0.3 is 15.0 Å². The van der Waals surface area contributed by atoms with Gasteiger partial charge in [-0.3, -0.25) is 0 Å². The van der Waals surface area contributed by atoms with Crippen molar-refractivity contribution in [2.24, 2.45) is 0 Å². The van der Waals surface area contributed by atoms with Gasteiger partial charge >= 0.3 is 0 Å². The van der Waals surface area contributed by atoms with Crippen molar-refractivity contribution in [2.75, 3.05) is 49.8 Å². The van der Waals surface area contributed by atoms with Gasteiger partial charge in [0.2, 0.25) is 0 Å². The highest BCUT2D eigenvalue weighted by molar-refractivity contribution is 7.99. The summed E-state index contributed by atoms with van der Waals surface area (Å²) in [7, 11) is 1.72. The number of nitrogens with zero attached hydrogens (tertiary/aromatic N) is 1. The van der Waals surface area contributed by atoms with Crippen LogP contribution in [-0.2, 0) is 11.3 Å². The van der Waals surface area contributed by atoms with Crippen LogP contribution >= 0.6 is 23.4 Å². The number of hydrogen-bond acceptors (Lipinski definition) is 4. The van der Waals surface area contributed by atoms with Gasteiger partial charge in [-0.05, 0) is 23.8 Å². The van der Waals surface area contributed by atoms with Crippen LogP contribution in [0.3, 0.4) is 0 Å². The second kappa shape index (κ2) is 8.78. The van der Waals surface area contributed by atoms with Crippen molar-refractivity contribution in [3.05, 3.63) is 28.8 Å². The molecule has 0 radical (unpaired) electrons. The minimum atomic E-state index is 0.732. The summed E-state index contributed by atoms with van der Waals surface area (Å²) < 4.78 is 5.06. The quantitative estimate of drug-likeness (QED) is 0.816. The number of halogens is 1. The van der Waals surface area contributed by atoms with Gasteiger partial charge in [-0.15, -0.1) is 0 Å². The highest BCUT2D eigenvalue weighted by atomic mass is 35.5. The van der Waals surface area contributed by atoms with Gasteiger partial charge in [0.05, 0.1) is 17.3 Å². The maximum absolute atomic E-state index is 6.46. The predicted octanol–water partition coefficient (Wildman–Crippen LogP) is 3.02. The first-order chi connectivity index (χ1) is 9.83. The largest absolute Gasteiger partial charge is 0.383 e. The molecule has 1 aliphatic heterocycles. The zero-order valence-corrected chi connectivity index (χ0v) is 13.6. The van der Waals surface area contributed by atoms with Crippen LogP contribution in [0.4, 0.5) is 5.69 Å². The molecule has 5 heteroatoms. The van der Waals surface area contributed by atoms with E-state index in [-0.39, 0.29) is 0 Å². The molecule has 1 aliphatic rings. The van der Waals surface area contributed by atoms with Crippen LogP contribution in [0, 0.1) is 0 Å². The van der Waals surface area contributed by atoms with Crippen LogP contribution in [0.15, 0.2) is 18.2 Å². The Labute approximate surface area is 131 Å². The summed E-state index contributed by atoms with van der Waals surface area (Å²) in [6.45, 7) is 4.61. The maximum Gasteiger partial charge on any atom is 0.0642 e. The monoisotopic (exact) mass is 314 g/mol. The lowest BCUT2D eigenvalue weighted by molar-refractivity contribution is 0.199. The Hall–Kier alpha value is -0.420. The van der Waals surface area contributed by atoms with E-state index in [1.54, 1.807) is 7.11 Å². The van der Waals surface area contributed by atoms with Gasteiger partial charge in [0.1, 0.15) is 0 Å². The second-order valence-corrected chi connectivity index (χ2v) is 6.50. The topological polar surface area (TPSA) is 24.5 Å². The van der Waals surface area contributed by atoms with Gasteiger partial charge in [0, 0.05) is 39.0 Å². The standard InChI is InChI=1S/C15H23ClN2OS/c1-19-9-6-17-12-13-4-2-5-14(16)15(13)18-7-3-10-20-11-8-18/h2,4-5,17H,3,6-12H2,1H3. The van der Waals surface area contributed by atoms with Crippen molar-refractivity contribution >= 4 is 29.1 Å². The maximum atomic E-state index is 6.46. The summed E-state index contributed by atoms with van der Waals surface area (Å²) in [5, 5.41) is 4.27. The Morgan fingerprint density at radius 1 is 1.35 bits per heavy atom. The fourth-order valence-corrected chi connectivity index (χ4v) is 3.62. The molecule has 1 aromatic carbocycles. The smallest absolute Gasteiger partial charge is 0.0642 e. The molecule has 0 spiro atoms. The number of thioether (sulfide) groups is 1. The molecule has 0 atom stereocenters. The number of anilines is 1. The lowest BCUT2D eigenvalue weighted by Crippen LogP contribution is -2.28. The number of hydrogen-bond donors (Lipinski definition) is 1. The first-order valence-corrected chi connectivity index (χ1v) is 8.66. The van der Waals surface area contributed by atoms with Crippen LogP contribution < -0.4 is 10.2 Å². The molecule has 0 aliphatic carbocycles. The molecule has 3 nitrogen and oxygen atoms in total. The number of nitrogens with one attached hydrogen (secondary N) is 1. The van der Waals surface area contributed by atoms with Crippen LogP contribution in [-0.4, -0.2) is 44.9 Å². The third-order valence-electron chi connectivity index (χ3n) is 3.41.